The summed E-state index contributed by atoms with van der Waals surface area (Å²) in [7, 11) is 0. The SMILES string of the molecule is O=C(CN1C[C@@H]2CCC[C@@]2(C(=O)O)C1)Nc1ccc(-c2ccccc2)cc1. The fraction of sp³-hybridized carbons (Fsp3) is 0.364. The highest BCUT2D eigenvalue weighted by molar-refractivity contribution is 5.92. The fourth-order valence-electron chi connectivity index (χ4n) is 4.64. The molecule has 2 fully saturated rings. The minimum Gasteiger partial charge on any atom is -0.481 e. The van der Waals surface area contributed by atoms with E-state index in [-0.39, 0.29) is 18.4 Å². The van der Waals surface area contributed by atoms with Crippen molar-refractivity contribution in [1.82, 2.24) is 4.90 Å². The zero-order valence-electron chi connectivity index (χ0n) is 15.2. The van der Waals surface area contributed by atoms with Crippen LogP contribution in [0.4, 0.5) is 5.69 Å². The molecule has 1 aliphatic carbocycles. The van der Waals surface area contributed by atoms with Gasteiger partial charge >= 0.3 is 5.97 Å². The second kappa shape index (κ2) is 7.16. The van der Waals surface area contributed by atoms with E-state index in [9.17, 15) is 14.7 Å². The highest BCUT2D eigenvalue weighted by Crippen LogP contribution is 2.48. The first-order chi connectivity index (χ1) is 13.1. The Bertz CT molecular complexity index is 834. The van der Waals surface area contributed by atoms with Gasteiger partial charge in [0, 0.05) is 18.8 Å². The van der Waals surface area contributed by atoms with Gasteiger partial charge in [-0.2, -0.15) is 0 Å². The molecule has 2 aromatic carbocycles. The Balaban J connectivity index is 1.36. The Morgan fingerprint density at radius 1 is 1.07 bits per heavy atom. The summed E-state index contributed by atoms with van der Waals surface area (Å²) in [6, 6.07) is 17.9. The van der Waals surface area contributed by atoms with Crippen LogP contribution in [0.2, 0.25) is 0 Å². The van der Waals surface area contributed by atoms with E-state index in [0.29, 0.717) is 13.1 Å². The maximum Gasteiger partial charge on any atom is 0.311 e. The van der Waals surface area contributed by atoms with Crippen LogP contribution in [-0.2, 0) is 9.59 Å². The first kappa shape index (κ1) is 17.7. The molecule has 1 heterocycles. The number of nitrogens with zero attached hydrogens (tertiary/aromatic N) is 1. The van der Waals surface area contributed by atoms with Gasteiger partial charge in [0.1, 0.15) is 0 Å². The van der Waals surface area contributed by atoms with E-state index in [2.05, 4.69) is 17.4 Å². The third kappa shape index (κ3) is 3.47. The number of anilines is 1. The molecule has 0 aromatic heterocycles. The molecule has 1 saturated carbocycles. The van der Waals surface area contributed by atoms with Gasteiger partial charge in [-0.3, -0.25) is 14.5 Å². The molecule has 5 nitrogen and oxygen atoms in total. The summed E-state index contributed by atoms with van der Waals surface area (Å²) in [5.74, 6) is -0.625. The number of carbonyl (C=O) groups excluding carboxylic acids is 1. The number of rotatable bonds is 5. The number of fused-ring (bicyclic) bond motifs is 1. The van der Waals surface area contributed by atoms with Gasteiger partial charge in [0.25, 0.3) is 0 Å². The number of amides is 1. The summed E-state index contributed by atoms with van der Waals surface area (Å²) in [6.07, 6.45) is 2.65. The van der Waals surface area contributed by atoms with Gasteiger partial charge in [-0.15, -0.1) is 0 Å². The number of carboxylic acids is 1. The van der Waals surface area contributed by atoms with E-state index in [1.807, 2.05) is 47.4 Å². The van der Waals surface area contributed by atoms with Crippen molar-refractivity contribution < 1.29 is 14.7 Å². The molecule has 1 aliphatic heterocycles. The second-order valence-electron chi connectivity index (χ2n) is 7.71. The van der Waals surface area contributed by atoms with Gasteiger partial charge in [0.15, 0.2) is 0 Å². The Kier molecular flexibility index (Phi) is 4.70. The van der Waals surface area contributed by atoms with E-state index >= 15 is 0 Å². The molecular formula is C22H24N2O3. The van der Waals surface area contributed by atoms with Crippen molar-refractivity contribution in [3.63, 3.8) is 0 Å². The zero-order valence-corrected chi connectivity index (χ0v) is 15.2. The molecule has 0 unspecified atom stereocenters. The zero-order chi connectivity index (χ0) is 18.9. The molecule has 0 bridgehead atoms. The van der Waals surface area contributed by atoms with Crippen LogP contribution in [-0.4, -0.2) is 41.5 Å². The molecule has 2 atom stereocenters. The summed E-state index contributed by atoms with van der Waals surface area (Å²) < 4.78 is 0. The number of aliphatic carboxylic acids is 1. The molecule has 0 spiro atoms. The van der Waals surface area contributed by atoms with E-state index in [1.54, 1.807) is 0 Å². The van der Waals surface area contributed by atoms with Crippen molar-refractivity contribution in [3.05, 3.63) is 54.6 Å². The lowest BCUT2D eigenvalue weighted by Gasteiger charge is -2.23. The molecule has 2 aliphatic rings. The number of carboxylic acid groups (broad SMARTS) is 1. The number of hydrogen-bond donors (Lipinski definition) is 2. The molecule has 4 rings (SSSR count). The van der Waals surface area contributed by atoms with E-state index in [1.165, 1.54) is 0 Å². The maximum absolute atomic E-state index is 12.4. The van der Waals surface area contributed by atoms with Crippen LogP contribution in [0.3, 0.4) is 0 Å². The van der Waals surface area contributed by atoms with Gasteiger partial charge in [-0.05, 0) is 42.0 Å². The van der Waals surface area contributed by atoms with E-state index in [0.717, 1.165) is 36.1 Å². The Morgan fingerprint density at radius 3 is 2.44 bits per heavy atom. The maximum atomic E-state index is 12.4. The summed E-state index contributed by atoms with van der Waals surface area (Å²) in [6.45, 7) is 1.42. The van der Waals surface area contributed by atoms with E-state index in [4.69, 9.17) is 0 Å². The predicted molar refractivity (Wildman–Crippen MR) is 104 cm³/mol. The molecule has 140 valence electrons. The largest absolute Gasteiger partial charge is 0.481 e. The smallest absolute Gasteiger partial charge is 0.311 e. The number of carbonyl (C=O) groups is 2. The highest BCUT2D eigenvalue weighted by Gasteiger charge is 2.54. The van der Waals surface area contributed by atoms with Crippen LogP contribution < -0.4 is 5.32 Å². The third-order valence-corrected chi connectivity index (χ3v) is 6.01. The van der Waals surface area contributed by atoms with Crippen LogP contribution in [0.1, 0.15) is 19.3 Å². The third-order valence-electron chi connectivity index (χ3n) is 6.01. The normalized spacial score (nSPS) is 24.5. The second-order valence-corrected chi connectivity index (χ2v) is 7.71. The lowest BCUT2D eigenvalue weighted by Crippen LogP contribution is -2.37. The highest BCUT2D eigenvalue weighted by atomic mass is 16.4. The van der Waals surface area contributed by atoms with E-state index < -0.39 is 11.4 Å². The van der Waals surface area contributed by atoms with Crippen LogP contribution in [0.25, 0.3) is 11.1 Å². The summed E-state index contributed by atoms with van der Waals surface area (Å²) in [5.41, 5.74) is 2.35. The summed E-state index contributed by atoms with van der Waals surface area (Å²) >= 11 is 0. The van der Waals surface area contributed by atoms with Crippen molar-refractivity contribution in [2.24, 2.45) is 11.3 Å². The first-order valence-corrected chi connectivity index (χ1v) is 9.48. The van der Waals surface area contributed by atoms with Gasteiger partial charge in [-0.1, -0.05) is 48.9 Å². The Hall–Kier alpha value is -2.66. The minimum absolute atomic E-state index is 0.0945. The van der Waals surface area contributed by atoms with Crippen molar-refractivity contribution in [2.75, 3.05) is 25.0 Å². The van der Waals surface area contributed by atoms with Gasteiger partial charge in [0.05, 0.1) is 12.0 Å². The van der Waals surface area contributed by atoms with Crippen molar-refractivity contribution in [1.29, 1.82) is 0 Å². The van der Waals surface area contributed by atoms with Crippen LogP contribution >= 0.6 is 0 Å². The Morgan fingerprint density at radius 2 is 1.78 bits per heavy atom. The number of benzene rings is 2. The number of nitrogens with one attached hydrogen (secondary N) is 1. The number of hydrogen-bond acceptors (Lipinski definition) is 3. The quantitative estimate of drug-likeness (QED) is 0.852. The first-order valence-electron chi connectivity index (χ1n) is 9.48. The molecular weight excluding hydrogens is 340 g/mol. The topological polar surface area (TPSA) is 69.6 Å². The molecule has 1 saturated heterocycles. The van der Waals surface area contributed by atoms with Crippen molar-refractivity contribution >= 4 is 17.6 Å². The van der Waals surface area contributed by atoms with Gasteiger partial charge < -0.3 is 10.4 Å². The summed E-state index contributed by atoms with van der Waals surface area (Å²) in [5, 5.41) is 12.6. The van der Waals surface area contributed by atoms with Crippen molar-refractivity contribution in [2.45, 2.75) is 19.3 Å². The lowest BCUT2D eigenvalue weighted by molar-refractivity contribution is -0.149. The predicted octanol–water partition coefficient (Wildman–Crippen LogP) is 3.48. The Labute approximate surface area is 159 Å². The molecule has 2 aromatic rings. The standard InChI is InChI=1S/C22H24N2O3/c25-20(14-24-13-18-7-4-12-22(18,15-24)21(26)27)23-19-10-8-17(9-11-19)16-5-2-1-3-6-16/h1-3,5-6,8-11,18H,4,7,12-15H2,(H,23,25)(H,26,27)/t18-,22+/m0/s1. The average Bonchev–Trinajstić information content (AvgIpc) is 3.21. The van der Waals surface area contributed by atoms with Crippen LogP contribution in [0.5, 0.6) is 0 Å². The number of likely N-dealkylation sites (tertiary alicyclic amines) is 1. The van der Waals surface area contributed by atoms with Crippen LogP contribution in [0, 0.1) is 11.3 Å². The molecule has 5 heteroatoms. The van der Waals surface area contributed by atoms with Gasteiger partial charge in [0.2, 0.25) is 5.91 Å². The molecule has 0 radical (unpaired) electrons. The van der Waals surface area contributed by atoms with Gasteiger partial charge in [-0.25, -0.2) is 0 Å². The molecule has 2 N–H and O–H groups in total. The lowest BCUT2D eigenvalue weighted by atomic mass is 9.81. The monoisotopic (exact) mass is 364 g/mol. The summed E-state index contributed by atoms with van der Waals surface area (Å²) in [4.78, 5) is 26.2. The van der Waals surface area contributed by atoms with Crippen LogP contribution in [0.15, 0.2) is 54.6 Å². The molecule has 1 amide bonds. The minimum atomic E-state index is -0.704. The molecule has 27 heavy (non-hydrogen) atoms. The fourth-order valence-corrected chi connectivity index (χ4v) is 4.64. The average molecular weight is 364 g/mol. The van der Waals surface area contributed by atoms with Crippen molar-refractivity contribution in [3.8, 4) is 11.1 Å².